The Labute approximate surface area is 346 Å². The zero-order valence-electron chi connectivity index (χ0n) is 32.7. The van der Waals surface area contributed by atoms with E-state index in [-0.39, 0.29) is 33.0 Å². The van der Waals surface area contributed by atoms with E-state index in [9.17, 15) is 25.5 Å². The van der Waals surface area contributed by atoms with Crippen molar-refractivity contribution in [3.63, 3.8) is 0 Å². The predicted molar refractivity (Wildman–Crippen MR) is 244 cm³/mol. The summed E-state index contributed by atoms with van der Waals surface area (Å²) in [4.78, 5) is 0. The van der Waals surface area contributed by atoms with Crippen molar-refractivity contribution in [2.24, 2.45) is 0 Å². The van der Waals surface area contributed by atoms with Crippen molar-refractivity contribution >= 4 is 53.9 Å². The van der Waals surface area contributed by atoms with Gasteiger partial charge < -0.3 is 25.5 Å². The Hall–Kier alpha value is -6.70. The highest BCUT2D eigenvalue weighted by Gasteiger charge is 2.29. The van der Waals surface area contributed by atoms with Crippen LogP contribution >= 0.6 is 0 Å². The molecule has 5 heteroatoms. The summed E-state index contributed by atoms with van der Waals surface area (Å²) in [5, 5.41) is 61.7. The summed E-state index contributed by atoms with van der Waals surface area (Å²) in [6.45, 7) is -0.175. The first kappa shape index (κ1) is 36.4. The minimum Gasteiger partial charge on any atom is -0.392 e. The molecule has 11 aromatic carbocycles. The van der Waals surface area contributed by atoms with Gasteiger partial charge in [-0.1, -0.05) is 121 Å². The van der Waals surface area contributed by atoms with E-state index < -0.39 is 0 Å². The fraction of sp³-hybridized carbons (Fsp3) is 0.0909. The van der Waals surface area contributed by atoms with Gasteiger partial charge in [-0.05, 0) is 168 Å². The van der Waals surface area contributed by atoms with Crippen molar-refractivity contribution in [3.05, 3.63) is 179 Å². The topological polar surface area (TPSA) is 101 Å². The van der Waals surface area contributed by atoms with Gasteiger partial charge >= 0.3 is 0 Å². The van der Waals surface area contributed by atoms with Gasteiger partial charge in [0.1, 0.15) is 0 Å². The third-order valence-electron chi connectivity index (χ3n) is 12.7. The van der Waals surface area contributed by atoms with Crippen LogP contribution in [0.25, 0.3) is 109 Å². The molecule has 11 rings (SSSR count). The molecule has 0 fully saturated rings. The minimum absolute atomic E-state index is 0.0350. The lowest BCUT2D eigenvalue weighted by Crippen LogP contribution is -1.91. The first-order chi connectivity index (χ1) is 29.5. The Morgan fingerprint density at radius 3 is 0.500 bits per heavy atom. The summed E-state index contributed by atoms with van der Waals surface area (Å²) >= 11 is 0. The van der Waals surface area contributed by atoms with Gasteiger partial charge in [-0.15, -0.1) is 0 Å². The molecule has 0 aliphatic rings. The molecule has 0 amide bonds. The molecule has 290 valence electrons. The fourth-order valence-electron chi connectivity index (χ4n) is 9.65. The molecule has 0 aliphatic carbocycles. The second kappa shape index (κ2) is 14.2. The Kier molecular flexibility index (Phi) is 8.64. The Bertz CT molecular complexity index is 2780. The third kappa shape index (κ3) is 5.52. The molecule has 60 heavy (non-hydrogen) atoms. The van der Waals surface area contributed by atoms with Crippen LogP contribution in [0.1, 0.15) is 27.8 Å². The van der Waals surface area contributed by atoms with Gasteiger partial charge in [0.25, 0.3) is 0 Å². The summed E-state index contributed by atoms with van der Waals surface area (Å²) < 4.78 is 0. The van der Waals surface area contributed by atoms with Crippen LogP contribution in [0.3, 0.4) is 0 Å². The van der Waals surface area contributed by atoms with Gasteiger partial charge in [-0.2, -0.15) is 0 Å². The van der Waals surface area contributed by atoms with Gasteiger partial charge in [0.2, 0.25) is 0 Å². The van der Waals surface area contributed by atoms with Crippen LogP contribution in [0.5, 0.6) is 0 Å². The molecule has 0 atom stereocenters. The van der Waals surface area contributed by atoms with Gasteiger partial charge in [0.05, 0.1) is 33.0 Å². The molecule has 0 radical (unpaired) electrons. The summed E-state index contributed by atoms with van der Waals surface area (Å²) in [5.41, 5.74) is 15.0. The first-order valence-corrected chi connectivity index (χ1v) is 20.3. The van der Waals surface area contributed by atoms with Crippen LogP contribution in [0.4, 0.5) is 0 Å². The van der Waals surface area contributed by atoms with E-state index in [1.165, 1.54) is 26.9 Å². The number of benzene rings is 10. The van der Waals surface area contributed by atoms with Gasteiger partial charge in [-0.25, -0.2) is 0 Å². The quantitative estimate of drug-likeness (QED) is 0.0890. The number of aliphatic hydroxyl groups excluding tert-OH is 5. The molecular weight excluding hydrogens is 741 g/mol. The lowest BCUT2D eigenvalue weighted by molar-refractivity contribution is 0.281. The van der Waals surface area contributed by atoms with Gasteiger partial charge in [-0.3, -0.25) is 0 Å². The lowest BCUT2D eigenvalue weighted by Gasteiger charge is -2.17. The van der Waals surface area contributed by atoms with E-state index in [2.05, 4.69) is 91.0 Å². The molecule has 11 aromatic rings. The lowest BCUT2D eigenvalue weighted by atomic mass is 9.85. The van der Waals surface area contributed by atoms with Crippen molar-refractivity contribution in [1.82, 2.24) is 0 Å². The van der Waals surface area contributed by atoms with E-state index in [1.54, 1.807) is 0 Å². The highest BCUT2D eigenvalue weighted by molar-refractivity contribution is 6.49. The molecular formula is C55H40O5. The van der Waals surface area contributed by atoms with E-state index >= 15 is 0 Å². The molecule has 5 nitrogen and oxygen atoms in total. The number of rotatable bonds is 10. The summed E-state index contributed by atoms with van der Waals surface area (Å²) in [6.07, 6.45) is 0. The normalized spacial score (nSPS) is 12.1. The Morgan fingerprint density at radius 1 is 0.217 bits per heavy atom. The average Bonchev–Trinajstić information content (AvgIpc) is 3.69. The minimum atomic E-state index is -0.0350. The second-order valence-electron chi connectivity index (χ2n) is 16.0. The molecule has 0 aromatic heterocycles. The van der Waals surface area contributed by atoms with E-state index in [4.69, 9.17) is 0 Å². The van der Waals surface area contributed by atoms with Crippen molar-refractivity contribution in [2.75, 3.05) is 0 Å². The Morgan fingerprint density at radius 2 is 0.367 bits per heavy atom. The molecule has 0 saturated carbocycles. The maximum Gasteiger partial charge on any atom is 0.0681 e. The first-order valence-electron chi connectivity index (χ1n) is 20.3. The molecule has 0 bridgehead atoms. The summed E-state index contributed by atoms with van der Waals surface area (Å²) in [5.74, 6) is 0. The molecule has 0 spiro atoms. The Balaban J connectivity index is 1.38. The van der Waals surface area contributed by atoms with Crippen LogP contribution < -0.4 is 0 Å². The van der Waals surface area contributed by atoms with Gasteiger partial charge in [0.15, 0.2) is 0 Å². The van der Waals surface area contributed by atoms with Crippen molar-refractivity contribution in [2.45, 2.75) is 33.0 Å². The predicted octanol–water partition coefficient (Wildman–Crippen LogP) is 11.6. The average molecular weight is 781 g/mol. The fourth-order valence-corrected chi connectivity index (χ4v) is 9.65. The maximum absolute atomic E-state index is 10.00. The van der Waals surface area contributed by atoms with Gasteiger partial charge in [0, 0.05) is 0 Å². The number of aliphatic hydroxyl groups is 5. The largest absolute Gasteiger partial charge is 0.392 e. The third-order valence-corrected chi connectivity index (χ3v) is 12.7. The summed E-state index contributed by atoms with van der Waals surface area (Å²) in [7, 11) is 0. The molecule has 0 heterocycles. The molecule has 0 unspecified atom stereocenters. The van der Waals surface area contributed by atoms with E-state index in [0.717, 1.165) is 110 Å². The number of hydrogen-bond donors (Lipinski definition) is 5. The van der Waals surface area contributed by atoms with Crippen LogP contribution in [-0.2, 0) is 33.0 Å². The second-order valence-corrected chi connectivity index (χ2v) is 16.0. The van der Waals surface area contributed by atoms with Crippen LogP contribution in [0.15, 0.2) is 152 Å². The molecule has 5 N–H and O–H groups in total. The highest BCUT2D eigenvalue weighted by Crippen LogP contribution is 2.57. The van der Waals surface area contributed by atoms with Crippen molar-refractivity contribution in [3.8, 4) is 55.6 Å². The van der Waals surface area contributed by atoms with Crippen LogP contribution in [0, 0.1) is 0 Å². The highest BCUT2D eigenvalue weighted by atomic mass is 16.3. The zero-order valence-corrected chi connectivity index (χ0v) is 32.7. The SMILES string of the molecule is OCc1ccc(-c2cc3c(-c4ccc(CO)cc4)cc4c(-c5ccc(CO)cc5)cc5c(-c6ccc(CO)cc6)cc6c(-c7ccc(CO)cc7)cc2c2c6c5c4c32)cc1. The smallest absolute Gasteiger partial charge is 0.0681 e. The van der Waals surface area contributed by atoms with Crippen LogP contribution in [0.2, 0.25) is 0 Å². The van der Waals surface area contributed by atoms with Crippen LogP contribution in [-0.4, -0.2) is 25.5 Å². The van der Waals surface area contributed by atoms with E-state index in [1.807, 2.05) is 60.7 Å². The summed E-state index contributed by atoms with van der Waals surface area (Å²) in [6, 6.07) is 52.7. The zero-order chi connectivity index (χ0) is 40.6. The van der Waals surface area contributed by atoms with E-state index in [0.29, 0.717) is 0 Å². The number of hydrogen-bond acceptors (Lipinski definition) is 5. The standard InChI is InChI=1S/C55H40O5/c56-26-31-1-11-36(12-2-31)41-21-47-43(38-15-5-33(28-58)6-16-38)23-49-45(40-19-9-35(30-60)10-20-40)25-50-44(39-17-7-34(29-59)8-18-39)24-48-42(37-13-3-32(27-57)4-14-37)22-46(41)51-52(47)54(49)55(50)53(48)51/h1-25,56-60H,26-30H2. The molecule has 0 aliphatic heterocycles. The molecule has 0 saturated heterocycles. The monoisotopic (exact) mass is 780 g/mol. The van der Waals surface area contributed by atoms with Crippen molar-refractivity contribution in [1.29, 1.82) is 0 Å². The maximum atomic E-state index is 10.00. The van der Waals surface area contributed by atoms with Crippen molar-refractivity contribution < 1.29 is 25.5 Å².